The summed E-state index contributed by atoms with van der Waals surface area (Å²) in [6.45, 7) is 0. The lowest BCUT2D eigenvalue weighted by atomic mass is 9.76. The van der Waals surface area contributed by atoms with Crippen LogP contribution in [0, 0.1) is 11.7 Å². The van der Waals surface area contributed by atoms with Crippen molar-refractivity contribution in [3.8, 4) is 0 Å². The third-order valence-electron chi connectivity index (χ3n) is 4.86. The minimum atomic E-state index is -0.937. The van der Waals surface area contributed by atoms with Gasteiger partial charge < -0.3 is 10.4 Å². The Morgan fingerprint density at radius 1 is 1.17 bits per heavy atom. The number of hydrogen-bond acceptors (Lipinski definition) is 2. The van der Waals surface area contributed by atoms with E-state index in [2.05, 4.69) is 17.5 Å². The van der Waals surface area contributed by atoms with Gasteiger partial charge in [0, 0.05) is 5.92 Å². The lowest BCUT2D eigenvalue weighted by Gasteiger charge is -2.38. The molecule has 2 aromatic rings. The molecule has 0 bridgehead atoms. The molecule has 4 rings (SSSR count). The van der Waals surface area contributed by atoms with Gasteiger partial charge in [-0.15, -0.1) is 0 Å². The number of benzene rings is 2. The maximum absolute atomic E-state index is 13.2. The molecule has 3 nitrogen and oxygen atoms in total. The zero-order chi connectivity index (χ0) is 16.0. The van der Waals surface area contributed by atoms with Crippen LogP contribution in [0.1, 0.15) is 39.9 Å². The lowest BCUT2D eigenvalue weighted by molar-refractivity contribution is 0.0697. The normalized spacial score (nSPS) is 24.7. The summed E-state index contributed by atoms with van der Waals surface area (Å²) < 4.78 is 13.2. The van der Waals surface area contributed by atoms with Crippen LogP contribution < -0.4 is 5.32 Å². The van der Waals surface area contributed by atoms with Gasteiger partial charge in [-0.3, -0.25) is 0 Å². The number of fused-ring (bicyclic) bond motifs is 3. The van der Waals surface area contributed by atoms with Crippen LogP contribution in [0.3, 0.4) is 0 Å². The van der Waals surface area contributed by atoms with Crippen molar-refractivity contribution in [1.82, 2.24) is 0 Å². The number of hydrogen-bond donors (Lipinski definition) is 2. The molecule has 23 heavy (non-hydrogen) atoms. The quantitative estimate of drug-likeness (QED) is 0.811. The number of rotatable bonds is 2. The number of para-hydroxylation sites is 1. The zero-order valence-corrected chi connectivity index (χ0v) is 12.4. The first-order valence-corrected chi connectivity index (χ1v) is 7.70. The molecule has 1 heterocycles. The smallest absolute Gasteiger partial charge is 0.337 e. The van der Waals surface area contributed by atoms with Gasteiger partial charge in [-0.25, -0.2) is 9.18 Å². The van der Waals surface area contributed by atoms with Crippen LogP contribution in [0.5, 0.6) is 0 Å². The van der Waals surface area contributed by atoms with Crippen LogP contribution in [-0.2, 0) is 0 Å². The van der Waals surface area contributed by atoms with Crippen molar-refractivity contribution >= 4 is 11.7 Å². The summed E-state index contributed by atoms with van der Waals surface area (Å²) in [6, 6.07) is 11.8. The van der Waals surface area contributed by atoms with Crippen LogP contribution >= 0.6 is 0 Å². The van der Waals surface area contributed by atoms with Crippen molar-refractivity contribution < 1.29 is 14.3 Å². The van der Waals surface area contributed by atoms with Gasteiger partial charge in [0.25, 0.3) is 0 Å². The van der Waals surface area contributed by atoms with Gasteiger partial charge in [-0.1, -0.05) is 36.4 Å². The van der Waals surface area contributed by atoms with E-state index in [0.29, 0.717) is 11.6 Å². The highest BCUT2D eigenvalue weighted by Crippen LogP contribution is 2.50. The number of allylic oxidation sites excluding steroid dienone is 2. The molecule has 1 aliphatic carbocycles. The van der Waals surface area contributed by atoms with Gasteiger partial charge in [-0.2, -0.15) is 0 Å². The third kappa shape index (κ3) is 2.22. The number of carboxylic acid groups (broad SMARTS) is 1. The standard InChI is InChI=1S/C19H16FNO2/c20-12-9-7-11(8-10-12)17-14-4-1-3-13(14)15-5-2-6-16(19(22)23)18(15)21-17/h1-3,5-10,13-14,17,21H,4H2,(H,22,23)/t13-,14+,17+/m1/s1. The molecule has 4 heteroatoms. The van der Waals surface area contributed by atoms with E-state index in [1.54, 1.807) is 24.3 Å². The van der Waals surface area contributed by atoms with Crippen molar-refractivity contribution in [2.75, 3.05) is 5.32 Å². The van der Waals surface area contributed by atoms with E-state index < -0.39 is 5.97 Å². The van der Waals surface area contributed by atoms with Crippen molar-refractivity contribution in [1.29, 1.82) is 0 Å². The molecule has 2 N–H and O–H groups in total. The fraction of sp³-hybridized carbons (Fsp3) is 0.211. The molecule has 3 atom stereocenters. The molecule has 1 aliphatic heterocycles. The Labute approximate surface area is 133 Å². The second-order valence-electron chi connectivity index (χ2n) is 6.10. The minimum absolute atomic E-state index is 0.0244. The lowest BCUT2D eigenvalue weighted by Crippen LogP contribution is -2.30. The number of nitrogens with one attached hydrogen (secondary N) is 1. The summed E-state index contributed by atoms with van der Waals surface area (Å²) in [4.78, 5) is 11.5. The summed E-state index contributed by atoms with van der Waals surface area (Å²) >= 11 is 0. The maximum Gasteiger partial charge on any atom is 0.337 e. The van der Waals surface area contributed by atoms with Gasteiger partial charge in [0.05, 0.1) is 17.3 Å². The monoisotopic (exact) mass is 309 g/mol. The number of aromatic carboxylic acids is 1. The maximum atomic E-state index is 13.2. The van der Waals surface area contributed by atoms with Crippen molar-refractivity contribution in [3.63, 3.8) is 0 Å². The van der Waals surface area contributed by atoms with E-state index in [1.807, 2.05) is 6.07 Å². The molecule has 2 aromatic carbocycles. The predicted molar refractivity (Wildman–Crippen MR) is 86.2 cm³/mol. The summed E-state index contributed by atoms with van der Waals surface area (Å²) in [5.74, 6) is -0.692. The average Bonchev–Trinajstić information content (AvgIpc) is 3.04. The van der Waals surface area contributed by atoms with Gasteiger partial charge in [-0.05, 0) is 41.7 Å². The van der Waals surface area contributed by atoms with Gasteiger partial charge >= 0.3 is 5.97 Å². The number of anilines is 1. The van der Waals surface area contributed by atoms with Crippen LogP contribution in [-0.4, -0.2) is 11.1 Å². The first kappa shape index (κ1) is 14.0. The fourth-order valence-electron chi connectivity index (χ4n) is 3.80. The average molecular weight is 309 g/mol. The number of halogens is 1. The number of carbonyl (C=O) groups is 1. The molecular weight excluding hydrogens is 293 g/mol. The molecule has 0 spiro atoms. The summed E-state index contributed by atoms with van der Waals surface area (Å²) in [7, 11) is 0. The molecule has 0 aromatic heterocycles. The van der Waals surface area contributed by atoms with E-state index in [9.17, 15) is 14.3 Å². The van der Waals surface area contributed by atoms with Gasteiger partial charge in [0.2, 0.25) is 0 Å². The van der Waals surface area contributed by atoms with E-state index in [-0.39, 0.29) is 23.3 Å². The Morgan fingerprint density at radius 3 is 2.70 bits per heavy atom. The van der Waals surface area contributed by atoms with Crippen molar-refractivity contribution in [2.45, 2.75) is 18.4 Å². The molecule has 0 amide bonds. The molecule has 0 saturated carbocycles. The molecule has 0 radical (unpaired) electrons. The SMILES string of the molecule is O=C(O)c1cccc2c1N[C@@H](c1ccc(F)cc1)[C@H]1CC=C[C@@H]21. The Balaban J connectivity index is 1.83. The van der Waals surface area contributed by atoms with Crippen LogP contribution in [0.15, 0.2) is 54.6 Å². The summed E-state index contributed by atoms with van der Waals surface area (Å²) in [6.07, 6.45) is 5.24. The van der Waals surface area contributed by atoms with Crippen molar-refractivity contribution in [3.05, 3.63) is 77.1 Å². The van der Waals surface area contributed by atoms with E-state index in [0.717, 1.165) is 17.5 Å². The summed E-state index contributed by atoms with van der Waals surface area (Å²) in [5, 5.41) is 12.9. The Bertz CT molecular complexity index is 798. The molecule has 0 fully saturated rings. The molecule has 2 aliphatic rings. The van der Waals surface area contributed by atoms with Crippen LogP contribution in [0.4, 0.5) is 10.1 Å². The van der Waals surface area contributed by atoms with E-state index >= 15 is 0 Å². The topological polar surface area (TPSA) is 49.3 Å². The van der Waals surface area contributed by atoms with Crippen LogP contribution in [0.2, 0.25) is 0 Å². The highest BCUT2D eigenvalue weighted by Gasteiger charge is 2.39. The second kappa shape index (κ2) is 5.23. The van der Waals surface area contributed by atoms with Crippen LogP contribution in [0.25, 0.3) is 0 Å². The van der Waals surface area contributed by atoms with Crippen molar-refractivity contribution in [2.24, 2.45) is 5.92 Å². The molecule has 0 saturated heterocycles. The second-order valence-corrected chi connectivity index (χ2v) is 6.10. The molecule has 116 valence electrons. The summed E-state index contributed by atoms with van der Waals surface area (Å²) in [5.41, 5.74) is 2.98. The van der Waals surface area contributed by atoms with E-state index in [1.165, 1.54) is 12.1 Å². The zero-order valence-electron chi connectivity index (χ0n) is 12.4. The Morgan fingerprint density at radius 2 is 1.96 bits per heavy atom. The molecular formula is C19H16FNO2. The molecule has 0 unspecified atom stereocenters. The first-order valence-electron chi connectivity index (χ1n) is 7.70. The minimum Gasteiger partial charge on any atom is -0.478 e. The highest BCUT2D eigenvalue weighted by molar-refractivity contribution is 5.95. The first-order chi connectivity index (χ1) is 11.1. The number of carboxylic acids is 1. The van der Waals surface area contributed by atoms with Gasteiger partial charge in [0.1, 0.15) is 5.82 Å². The Kier molecular flexibility index (Phi) is 3.18. The Hall–Kier alpha value is -2.62. The van der Waals surface area contributed by atoms with Gasteiger partial charge in [0.15, 0.2) is 0 Å². The largest absolute Gasteiger partial charge is 0.478 e. The highest BCUT2D eigenvalue weighted by atomic mass is 19.1. The van der Waals surface area contributed by atoms with E-state index in [4.69, 9.17) is 0 Å². The third-order valence-corrected chi connectivity index (χ3v) is 4.86. The fourth-order valence-corrected chi connectivity index (χ4v) is 3.80. The predicted octanol–water partition coefficient (Wildman–Crippen LogP) is 4.35.